The fourth-order valence-corrected chi connectivity index (χ4v) is 2.69. The van der Waals surface area contributed by atoms with Crippen molar-refractivity contribution in [2.24, 2.45) is 0 Å². The molecule has 4 nitrogen and oxygen atoms in total. The maximum absolute atomic E-state index is 12.6. The van der Waals surface area contributed by atoms with Crippen LogP contribution in [0.25, 0.3) is 0 Å². The third-order valence-corrected chi connectivity index (χ3v) is 3.93. The second-order valence-electron chi connectivity index (χ2n) is 4.56. The number of rotatable bonds is 5. The van der Waals surface area contributed by atoms with Crippen LogP contribution in [0.5, 0.6) is 11.5 Å². The summed E-state index contributed by atoms with van der Waals surface area (Å²) in [4.78, 5) is 5.27. The molecule has 0 bridgehead atoms. The van der Waals surface area contributed by atoms with Gasteiger partial charge in [0.15, 0.2) is 22.3 Å². The number of methoxy groups -OCH3 is 2. The number of alkyl halides is 3. The molecule has 0 N–H and O–H groups in total. The van der Waals surface area contributed by atoms with Gasteiger partial charge in [-0.2, -0.15) is 13.2 Å². The van der Waals surface area contributed by atoms with Crippen LogP contribution in [0.15, 0.2) is 23.6 Å². The number of nitrogens with zero attached hydrogens (tertiary/aromatic N) is 2. The van der Waals surface area contributed by atoms with Gasteiger partial charge in [0.05, 0.1) is 14.2 Å². The van der Waals surface area contributed by atoms with Gasteiger partial charge in [0.1, 0.15) is 0 Å². The van der Waals surface area contributed by atoms with Gasteiger partial charge in [-0.3, -0.25) is 0 Å². The summed E-state index contributed by atoms with van der Waals surface area (Å²) >= 11 is 0.960. The van der Waals surface area contributed by atoms with Crippen molar-refractivity contribution >= 4 is 16.5 Å². The van der Waals surface area contributed by atoms with Crippen LogP contribution in [0.2, 0.25) is 0 Å². The van der Waals surface area contributed by atoms with E-state index in [2.05, 4.69) is 4.98 Å². The summed E-state index contributed by atoms with van der Waals surface area (Å²) in [5, 5.41) is 1.32. The molecule has 0 atom stereocenters. The average molecular weight is 332 g/mol. The molecule has 0 aliphatic carbocycles. The third kappa shape index (κ3) is 3.62. The van der Waals surface area contributed by atoms with E-state index in [4.69, 9.17) is 9.47 Å². The molecule has 0 saturated carbocycles. The molecule has 0 aliphatic rings. The molecule has 0 saturated heterocycles. The lowest BCUT2D eigenvalue weighted by atomic mass is 10.2. The maximum atomic E-state index is 12.6. The summed E-state index contributed by atoms with van der Waals surface area (Å²) in [6, 6.07) is 5.37. The Kier molecular flexibility index (Phi) is 4.80. The molecule has 0 amide bonds. The zero-order valence-electron chi connectivity index (χ0n) is 12.3. The number of anilines is 1. The van der Waals surface area contributed by atoms with Gasteiger partial charge in [-0.15, -0.1) is 11.3 Å². The first-order valence-electron chi connectivity index (χ1n) is 6.30. The fraction of sp³-hybridized carbons (Fsp3) is 0.357. The van der Waals surface area contributed by atoms with Crippen LogP contribution in [0.3, 0.4) is 0 Å². The molecule has 8 heteroatoms. The van der Waals surface area contributed by atoms with E-state index in [9.17, 15) is 13.2 Å². The van der Waals surface area contributed by atoms with Crippen LogP contribution in [0, 0.1) is 0 Å². The molecular weight excluding hydrogens is 317 g/mol. The molecule has 22 heavy (non-hydrogen) atoms. The zero-order valence-corrected chi connectivity index (χ0v) is 13.1. The summed E-state index contributed by atoms with van der Waals surface area (Å²) in [6.45, 7) is 0.408. The van der Waals surface area contributed by atoms with E-state index < -0.39 is 11.9 Å². The molecule has 0 fully saturated rings. The summed E-state index contributed by atoms with van der Waals surface area (Å²) in [5.41, 5.74) is 0.00979. The van der Waals surface area contributed by atoms with E-state index in [0.29, 0.717) is 23.2 Å². The van der Waals surface area contributed by atoms with E-state index in [1.807, 2.05) is 6.07 Å². The maximum Gasteiger partial charge on any atom is 0.434 e. The Hall–Kier alpha value is -1.96. The van der Waals surface area contributed by atoms with Crippen molar-refractivity contribution in [1.82, 2.24) is 4.98 Å². The largest absolute Gasteiger partial charge is 0.493 e. The van der Waals surface area contributed by atoms with Gasteiger partial charge in [-0.1, -0.05) is 6.07 Å². The minimum atomic E-state index is -4.42. The van der Waals surface area contributed by atoms with Gasteiger partial charge >= 0.3 is 6.18 Å². The number of aromatic nitrogens is 1. The Morgan fingerprint density at radius 2 is 1.86 bits per heavy atom. The van der Waals surface area contributed by atoms with Gasteiger partial charge in [0.2, 0.25) is 0 Å². The number of hydrogen-bond acceptors (Lipinski definition) is 5. The van der Waals surface area contributed by atoms with Crippen molar-refractivity contribution in [3.05, 3.63) is 34.8 Å². The monoisotopic (exact) mass is 332 g/mol. The SMILES string of the molecule is COc1ccc(CN(C)c2nc(C(F)(F)F)cs2)cc1OC. The first kappa shape index (κ1) is 16.4. The molecule has 1 aromatic heterocycles. The molecule has 0 unspecified atom stereocenters. The lowest BCUT2D eigenvalue weighted by Crippen LogP contribution is -2.17. The topological polar surface area (TPSA) is 34.6 Å². The minimum Gasteiger partial charge on any atom is -0.493 e. The molecule has 1 aromatic carbocycles. The second kappa shape index (κ2) is 6.43. The van der Waals surface area contributed by atoms with E-state index in [1.54, 1.807) is 24.1 Å². The highest BCUT2D eigenvalue weighted by atomic mass is 32.1. The van der Waals surface area contributed by atoms with E-state index in [0.717, 1.165) is 22.3 Å². The molecular formula is C14H15F3N2O2S. The second-order valence-corrected chi connectivity index (χ2v) is 5.40. The van der Waals surface area contributed by atoms with Crippen LogP contribution in [-0.4, -0.2) is 26.3 Å². The van der Waals surface area contributed by atoms with Gasteiger partial charge in [0, 0.05) is 19.0 Å². The fourth-order valence-electron chi connectivity index (χ4n) is 1.89. The zero-order chi connectivity index (χ0) is 16.3. The molecule has 0 aliphatic heterocycles. The summed E-state index contributed by atoms with van der Waals surface area (Å²) in [7, 11) is 4.76. The summed E-state index contributed by atoms with van der Waals surface area (Å²) < 4.78 is 48.1. The number of hydrogen-bond donors (Lipinski definition) is 0. The van der Waals surface area contributed by atoms with E-state index >= 15 is 0 Å². The number of halogens is 3. The molecule has 2 aromatic rings. The third-order valence-electron chi connectivity index (χ3n) is 2.98. The average Bonchev–Trinajstić information content (AvgIpc) is 2.97. The van der Waals surface area contributed by atoms with E-state index in [-0.39, 0.29) is 0 Å². The van der Waals surface area contributed by atoms with Crippen LogP contribution < -0.4 is 14.4 Å². The lowest BCUT2D eigenvalue weighted by Gasteiger charge is -2.17. The first-order chi connectivity index (χ1) is 10.3. The van der Waals surface area contributed by atoms with Gasteiger partial charge in [-0.05, 0) is 17.7 Å². The molecule has 120 valence electrons. The highest BCUT2D eigenvalue weighted by Gasteiger charge is 2.34. The van der Waals surface area contributed by atoms with Gasteiger partial charge in [-0.25, -0.2) is 4.98 Å². The van der Waals surface area contributed by atoms with Crippen molar-refractivity contribution in [1.29, 1.82) is 0 Å². The molecule has 0 spiro atoms. The molecule has 0 radical (unpaired) electrons. The molecule has 1 heterocycles. The van der Waals surface area contributed by atoms with Crippen LogP contribution in [0.4, 0.5) is 18.3 Å². The molecule has 2 rings (SSSR count). The van der Waals surface area contributed by atoms with Gasteiger partial charge < -0.3 is 14.4 Å². The van der Waals surface area contributed by atoms with Crippen molar-refractivity contribution in [3.8, 4) is 11.5 Å². The Bertz CT molecular complexity index is 643. The Morgan fingerprint density at radius 1 is 1.18 bits per heavy atom. The normalized spacial score (nSPS) is 11.4. The minimum absolute atomic E-state index is 0.308. The van der Waals surface area contributed by atoms with Gasteiger partial charge in [0.25, 0.3) is 0 Å². The van der Waals surface area contributed by atoms with Crippen LogP contribution >= 0.6 is 11.3 Å². The van der Waals surface area contributed by atoms with Crippen LogP contribution in [-0.2, 0) is 12.7 Å². The van der Waals surface area contributed by atoms with Crippen molar-refractivity contribution < 1.29 is 22.6 Å². The quantitative estimate of drug-likeness (QED) is 0.834. The van der Waals surface area contributed by atoms with Crippen molar-refractivity contribution in [3.63, 3.8) is 0 Å². The smallest absolute Gasteiger partial charge is 0.434 e. The van der Waals surface area contributed by atoms with Crippen LogP contribution in [0.1, 0.15) is 11.3 Å². The first-order valence-corrected chi connectivity index (χ1v) is 7.18. The standard InChI is InChI=1S/C14H15F3N2O2S/c1-19(13-18-12(8-22-13)14(15,16)17)7-9-4-5-10(20-2)11(6-9)21-3/h4-6,8H,7H2,1-3H3. The Balaban J connectivity index is 2.15. The Labute approximate surface area is 130 Å². The number of ether oxygens (including phenoxy) is 2. The number of thiazole rings is 1. The predicted molar refractivity (Wildman–Crippen MR) is 78.8 cm³/mol. The van der Waals surface area contributed by atoms with Crippen molar-refractivity contribution in [2.45, 2.75) is 12.7 Å². The highest BCUT2D eigenvalue weighted by molar-refractivity contribution is 7.13. The Morgan fingerprint density at radius 3 is 2.41 bits per heavy atom. The lowest BCUT2D eigenvalue weighted by molar-refractivity contribution is -0.140. The summed E-state index contributed by atoms with van der Waals surface area (Å²) in [5.74, 6) is 1.17. The van der Waals surface area contributed by atoms with E-state index in [1.165, 1.54) is 14.2 Å². The predicted octanol–water partition coefficient (Wildman–Crippen LogP) is 3.82. The summed E-state index contributed by atoms with van der Waals surface area (Å²) in [6.07, 6.45) is -4.42. The van der Waals surface area contributed by atoms with Crippen molar-refractivity contribution in [2.75, 3.05) is 26.2 Å². The number of benzene rings is 1. The highest BCUT2D eigenvalue weighted by Crippen LogP contribution is 2.33.